The van der Waals surface area contributed by atoms with E-state index >= 15 is 0 Å². The van der Waals surface area contributed by atoms with Gasteiger partial charge in [0.25, 0.3) is 11.7 Å². The van der Waals surface area contributed by atoms with Gasteiger partial charge in [0.15, 0.2) is 0 Å². The lowest BCUT2D eigenvalue weighted by molar-refractivity contribution is -0.123. The topological polar surface area (TPSA) is 109 Å². The number of ether oxygens (including phenoxy) is 1. The van der Waals surface area contributed by atoms with Crippen LogP contribution in [-0.4, -0.2) is 53.2 Å². The third kappa shape index (κ3) is 6.58. The highest BCUT2D eigenvalue weighted by molar-refractivity contribution is 8.15. The lowest BCUT2D eigenvalue weighted by Gasteiger charge is -2.18. The summed E-state index contributed by atoms with van der Waals surface area (Å²) in [5.41, 5.74) is 1.00. The standard InChI is InChI=1S/C18H19N3O3S.CH2O2/c1-21(16-4-2-3-9-19-16)10-11-24-14-7-5-13(6-8-14)12-15-17(22)20-18(23)25-15;2-1-3/h2-9,15H,10-12H2,1H3,(H,20,22,23);1H,(H,2,3). The predicted molar refractivity (Wildman–Crippen MR) is 107 cm³/mol. The van der Waals surface area contributed by atoms with Crippen LogP contribution in [0.4, 0.5) is 10.6 Å². The smallest absolute Gasteiger partial charge is 0.290 e. The van der Waals surface area contributed by atoms with Crippen molar-refractivity contribution in [3.8, 4) is 5.75 Å². The number of aromatic nitrogens is 1. The molecule has 0 radical (unpaired) electrons. The monoisotopic (exact) mass is 403 g/mol. The number of pyridine rings is 1. The van der Waals surface area contributed by atoms with Gasteiger partial charge in [-0.3, -0.25) is 19.7 Å². The summed E-state index contributed by atoms with van der Waals surface area (Å²) in [6.45, 7) is 1.02. The maximum atomic E-state index is 11.6. The summed E-state index contributed by atoms with van der Waals surface area (Å²) in [4.78, 5) is 37.5. The first-order valence-electron chi connectivity index (χ1n) is 8.46. The first-order chi connectivity index (χ1) is 13.5. The molecule has 1 unspecified atom stereocenters. The zero-order chi connectivity index (χ0) is 20.4. The SMILES string of the molecule is CN(CCOc1ccc(CC2SC(=O)NC2=O)cc1)c1ccccn1.O=CO. The number of carbonyl (C=O) groups is 3. The van der Waals surface area contributed by atoms with Gasteiger partial charge in [0, 0.05) is 13.2 Å². The van der Waals surface area contributed by atoms with Gasteiger partial charge in [0.2, 0.25) is 5.91 Å². The molecule has 2 amide bonds. The number of imide groups is 1. The Morgan fingerprint density at radius 1 is 1.25 bits per heavy atom. The number of benzene rings is 1. The second-order valence-corrected chi connectivity index (χ2v) is 6.97. The highest BCUT2D eigenvalue weighted by atomic mass is 32.2. The molecular formula is C19H21N3O5S. The van der Waals surface area contributed by atoms with Crippen LogP contribution < -0.4 is 15.0 Å². The van der Waals surface area contributed by atoms with Crippen molar-refractivity contribution in [1.82, 2.24) is 10.3 Å². The summed E-state index contributed by atoms with van der Waals surface area (Å²) < 4.78 is 5.75. The molecule has 1 aliphatic rings. The zero-order valence-electron chi connectivity index (χ0n) is 15.3. The summed E-state index contributed by atoms with van der Waals surface area (Å²) in [6, 6.07) is 13.4. The zero-order valence-corrected chi connectivity index (χ0v) is 16.1. The van der Waals surface area contributed by atoms with Gasteiger partial charge in [0.05, 0.1) is 11.8 Å². The molecule has 1 aromatic heterocycles. The number of rotatable bonds is 7. The minimum absolute atomic E-state index is 0.215. The largest absolute Gasteiger partial charge is 0.492 e. The number of amides is 2. The van der Waals surface area contributed by atoms with Crippen molar-refractivity contribution < 1.29 is 24.2 Å². The van der Waals surface area contributed by atoms with Crippen molar-refractivity contribution in [3.63, 3.8) is 0 Å². The van der Waals surface area contributed by atoms with Crippen molar-refractivity contribution in [2.75, 3.05) is 25.1 Å². The fourth-order valence-corrected chi connectivity index (χ4v) is 3.32. The number of anilines is 1. The summed E-state index contributed by atoms with van der Waals surface area (Å²) in [6.07, 6.45) is 2.30. The van der Waals surface area contributed by atoms with E-state index in [2.05, 4.69) is 10.3 Å². The first kappa shape index (κ1) is 21.2. The Kier molecular flexibility index (Phi) is 8.29. The molecule has 0 spiro atoms. The van der Waals surface area contributed by atoms with Gasteiger partial charge in [-0.25, -0.2) is 4.98 Å². The van der Waals surface area contributed by atoms with Crippen molar-refractivity contribution >= 4 is 35.2 Å². The van der Waals surface area contributed by atoms with Gasteiger partial charge in [-0.2, -0.15) is 0 Å². The molecule has 0 bridgehead atoms. The normalized spacial score (nSPS) is 15.2. The van der Waals surface area contributed by atoms with Gasteiger partial charge in [-0.1, -0.05) is 30.0 Å². The Morgan fingerprint density at radius 3 is 2.54 bits per heavy atom. The number of hydrogen-bond acceptors (Lipinski definition) is 7. The lowest BCUT2D eigenvalue weighted by Crippen LogP contribution is -2.25. The van der Waals surface area contributed by atoms with Crippen LogP contribution in [0, 0.1) is 0 Å². The van der Waals surface area contributed by atoms with E-state index in [1.807, 2.05) is 54.4 Å². The Balaban J connectivity index is 0.000000878. The van der Waals surface area contributed by atoms with Crippen molar-refractivity contribution in [2.24, 2.45) is 0 Å². The van der Waals surface area contributed by atoms with Crippen LogP contribution in [0.15, 0.2) is 48.7 Å². The van der Waals surface area contributed by atoms with E-state index in [9.17, 15) is 9.59 Å². The molecule has 1 aliphatic heterocycles. The average molecular weight is 403 g/mol. The third-order valence-corrected chi connectivity index (χ3v) is 4.83. The molecule has 0 aliphatic carbocycles. The number of carboxylic acid groups (broad SMARTS) is 1. The average Bonchev–Trinajstić information content (AvgIpc) is 3.01. The summed E-state index contributed by atoms with van der Waals surface area (Å²) in [5, 5.41) is 8.58. The van der Waals surface area contributed by atoms with Crippen LogP contribution in [-0.2, 0) is 16.0 Å². The van der Waals surface area contributed by atoms with Crippen LogP contribution in [0.2, 0.25) is 0 Å². The van der Waals surface area contributed by atoms with E-state index in [1.165, 1.54) is 0 Å². The molecule has 9 heteroatoms. The molecule has 8 nitrogen and oxygen atoms in total. The number of likely N-dealkylation sites (N-methyl/N-ethyl adjacent to an activating group) is 1. The summed E-state index contributed by atoms with van der Waals surface area (Å²) >= 11 is 1.05. The van der Waals surface area contributed by atoms with E-state index in [1.54, 1.807) is 6.20 Å². The molecule has 1 fully saturated rings. The summed E-state index contributed by atoms with van der Waals surface area (Å²) in [7, 11) is 1.97. The molecule has 2 aromatic rings. The van der Waals surface area contributed by atoms with E-state index in [4.69, 9.17) is 14.6 Å². The minimum atomic E-state index is -0.341. The minimum Gasteiger partial charge on any atom is -0.492 e. The van der Waals surface area contributed by atoms with Gasteiger partial charge < -0.3 is 14.7 Å². The van der Waals surface area contributed by atoms with Crippen LogP contribution in [0.25, 0.3) is 0 Å². The van der Waals surface area contributed by atoms with Crippen LogP contribution in [0.3, 0.4) is 0 Å². The van der Waals surface area contributed by atoms with E-state index in [0.29, 0.717) is 13.0 Å². The molecule has 28 heavy (non-hydrogen) atoms. The van der Waals surface area contributed by atoms with Crippen molar-refractivity contribution in [3.05, 3.63) is 54.2 Å². The molecule has 1 aromatic carbocycles. The van der Waals surface area contributed by atoms with Crippen LogP contribution in [0.5, 0.6) is 5.75 Å². The summed E-state index contributed by atoms with van der Waals surface area (Å²) in [5.74, 6) is 1.47. The Labute approximate surface area is 166 Å². The second-order valence-electron chi connectivity index (χ2n) is 5.79. The molecule has 1 atom stereocenters. The maximum absolute atomic E-state index is 11.6. The fraction of sp³-hybridized carbons (Fsp3) is 0.263. The van der Waals surface area contributed by atoms with E-state index in [0.717, 1.165) is 35.4 Å². The number of nitrogens with one attached hydrogen (secondary N) is 1. The molecule has 1 saturated heterocycles. The molecule has 3 rings (SSSR count). The number of carbonyl (C=O) groups excluding carboxylic acids is 2. The van der Waals surface area contributed by atoms with Gasteiger partial charge >= 0.3 is 0 Å². The molecule has 148 valence electrons. The van der Waals surface area contributed by atoms with Crippen LogP contribution in [0.1, 0.15) is 5.56 Å². The van der Waals surface area contributed by atoms with Crippen molar-refractivity contribution in [2.45, 2.75) is 11.7 Å². The highest BCUT2D eigenvalue weighted by Crippen LogP contribution is 2.23. The number of hydrogen-bond donors (Lipinski definition) is 2. The predicted octanol–water partition coefficient (Wildman–Crippen LogP) is 2.19. The Hall–Kier alpha value is -3.07. The third-order valence-electron chi connectivity index (χ3n) is 3.85. The Bertz CT molecular complexity index is 786. The molecular weight excluding hydrogens is 382 g/mol. The number of thioether (sulfide) groups is 1. The number of nitrogens with zero attached hydrogens (tertiary/aromatic N) is 2. The lowest BCUT2D eigenvalue weighted by atomic mass is 10.1. The van der Waals surface area contributed by atoms with Crippen LogP contribution >= 0.6 is 11.8 Å². The highest BCUT2D eigenvalue weighted by Gasteiger charge is 2.31. The molecule has 2 heterocycles. The first-order valence-corrected chi connectivity index (χ1v) is 9.34. The quantitative estimate of drug-likeness (QED) is 0.677. The molecule has 0 saturated carbocycles. The fourth-order valence-electron chi connectivity index (χ4n) is 2.46. The Morgan fingerprint density at radius 2 is 1.96 bits per heavy atom. The van der Waals surface area contributed by atoms with Crippen molar-refractivity contribution in [1.29, 1.82) is 0 Å². The van der Waals surface area contributed by atoms with Gasteiger partial charge in [0.1, 0.15) is 18.2 Å². The van der Waals surface area contributed by atoms with Gasteiger partial charge in [-0.15, -0.1) is 0 Å². The maximum Gasteiger partial charge on any atom is 0.290 e. The van der Waals surface area contributed by atoms with E-state index < -0.39 is 0 Å². The van der Waals surface area contributed by atoms with Gasteiger partial charge in [-0.05, 0) is 36.2 Å². The van der Waals surface area contributed by atoms with E-state index in [-0.39, 0.29) is 22.9 Å². The second kappa shape index (κ2) is 10.9. The molecule has 2 N–H and O–H groups in total.